The van der Waals surface area contributed by atoms with E-state index >= 15 is 0 Å². The van der Waals surface area contributed by atoms with Crippen LogP contribution < -0.4 is 0 Å². The molecule has 64 valence electrons. The van der Waals surface area contributed by atoms with Gasteiger partial charge in [0.25, 0.3) is 0 Å². The first-order valence-corrected chi connectivity index (χ1v) is 4.37. The molecule has 0 unspecified atom stereocenters. The van der Waals surface area contributed by atoms with Crippen molar-refractivity contribution in [3.8, 4) is 0 Å². The van der Waals surface area contributed by atoms with E-state index in [9.17, 15) is 4.79 Å². The highest BCUT2D eigenvalue weighted by Gasteiger charge is 2.23. The SMILES string of the molecule is C[C@@H]1C=C2C(=O)CCCC2=CO1. The molecule has 2 heteroatoms. The van der Waals surface area contributed by atoms with Crippen LogP contribution in [0.2, 0.25) is 0 Å². The highest BCUT2D eigenvalue weighted by atomic mass is 16.5. The van der Waals surface area contributed by atoms with E-state index in [1.165, 1.54) is 0 Å². The Labute approximate surface area is 71.9 Å². The topological polar surface area (TPSA) is 26.3 Å². The molecule has 1 aliphatic carbocycles. The van der Waals surface area contributed by atoms with Crippen LogP contribution in [-0.4, -0.2) is 11.9 Å². The van der Waals surface area contributed by atoms with Crippen molar-refractivity contribution in [2.75, 3.05) is 0 Å². The maximum absolute atomic E-state index is 11.4. The van der Waals surface area contributed by atoms with Crippen LogP contribution in [0.25, 0.3) is 0 Å². The normalized spacial score (nSPS) is 28.4. The van der Waals surface area contributed by atoms with E-state index < -0.39 is 0 Å². The Hall–Kier alpha value is -1.05. The van der Waals surface area contributed by atoms with Crippen LogP contribution in [0.5, 0.6) is 0 Å². The van der Waals surface area contributed by atoms with Gasteiger partial charge in [-0.05, 0) is 31.4 Å². The fourth-order valence-corrected chi connectivity index (χ4v) is 1.67. The van der Waals surface area contributed by atoms with Crippen LogP contribution >= 0.6 is 0 Å². The summed E-state index contributed by atoms with van der Waals surface area (Å²) in [6.45, 7) is 1.95. The molecule has 2 aliphatic rings. The van der Waals surface area contributed by atoms with E-state index in [0.717, 1.165) is 24.0 Å². The van der Waals surface area contributed by atoms with Gasteiger partial charge in [-0.2, -0.15) is 0 Å². The van der Waals surface area contributed by atoms with Crippen molar-refractivity contribution in [3.63, 3.8) is 0 Å². The molecule has 1 heterocycles. The van der Waals surface area contributed by atoms with Gasteiger partial charge in [0, 0.05) is 12.0 Å². The number of carbonyl (C=O) groups is 1. The van der Waals surface area contributed by atoms with Gasteiger partial charge < -0.3 is 4.74 Å². The lowest BCUT2D eigenvalue weighted by Gasteiger charge is -2.23. The van der Waals surface area contributed by atoms with E-state index in [0.29, 0.717) is 6.42 Å². The number of hydrogen-bond acceptors (Lipinski definition) is 2. The Balaban J connectivity index is 2.31. The molecule has 0 aromatic carbocycles. The number of allylic oxidation sites excluding steroid dienone is 2. The van der Waals surface area contributed by atoms with E-state index in [-0.39, 0.29) is 11.9 Å². The molecule has 1 fully saturated rings. The molecule has 0 N–H and O–H groups in total. The minimum absolute atomic E-state index is 0.0609. The van der Waals surface area contributed by atoms with Crippen LogP contribution in [-0.2, 0) is 9.53 Å². The van der Waals surface area contributed by atoms with Crippen molar-refractivity contribution >= 4 is 5.78 Å². The largest absolute Gasteiger partial charge is 0.494 e. The summed E-state index contributed by atoms with van der Waals surface area (Å²) in [5.74, 6) is 0.280. The molecule has 2 nitrogen and oxygen atoms in total. The molecule has 0 spiro atoms. The van der Waals surface area contributed by atoms with Crippen molar-refractivity contribution in [2.24, 2.45) is 0 Å². The first kappa shape index (κ1) is 7.59. The monoisotopic (exact) mass is 164 g/mol. The van der Waals surface area contributed by atoms with Crippen molar-refractivity contribution in [3.05, 3.63) is 23.5 Å². The fourth-order valence-electron chi connectivity index (χ4n) is 1.67. The molecule has 1 atom stereocenters. The lowest BCUT2D eigenvalue weighted by atomic mass is 9.87. The van der Waals surface area contributed by atoms with Crippen molar-refractivity contribution in [2.45, 2.75) is 32.3 Å². The first-order chi connectivity index (χ1) is 5.77. The minimum atomic E-state index is 0.0609. The van der Waals surface area contributed by atoms with Gasteiger partial charge in [-0.25, -0.2) is 0 Å². The Bertz CT molecular complexity index is 274. The molecule has 0 aromatic rings. The molecular weight excluding hydrogens is 152 g/mol. The summed E-state index contributed by atoms with van der Waals surface area (Å²) in [4.78, 5) is 11.4. The van der Waals surface area contributed by atoms with Gasteiger partial charge >= 0.3 is 0 Å². The third-order valence-corrected chi connectivity index (χ3v) is 2.32. The van der Waals surface area contributed by atoms with Gasteiger partial charge in [0.1, 0.15) is 6.10 Å². The van der Waals surface area contributed by atoms with Crippen LogP contribution in [0.1, 0.15) is 26.2 Å². The van der Waals surface area contributed by atoms with Crippen LogP contribution in [0, 0.1) is 0 Å². The highest BCUT2D eigenvalue weighted by Crippen LogP contribution is 2.29. The molecular formula is C10H12O2. The molecule has 0 saturated heterocycles. The third kappa shape index (κ3) is 1.17. The maximum atomic E-state index is 11.4. The van der Waals surface area contributed by atoms with E-state index in [4.69, 9.17) is 4.74 Å². The molecule has 0 bridgehead atoms. The van der Waals surface area contributed by atoms with Gasteiger partial charge in [0.15, 0.2) is 5.78 Å². The van der Waals surface area contributed by atoms with Gasteiger partial charge in [-0.3, -0.25) is 4.79 Å². The molecule has 12 heavy (non-hydrogen) atoms. The summed E-state index contributed by atoms with van der Waals surface area (Å²) >= 11 is 0. The minimum Gasteiger partial charge on any atom is -0.494 e. The van der Waals surface area contributed by atoms with Crippen molar-refractivity contribution in [1.29, 1.82) is 0 Å². The summed E-state index contributed by atoms with van der Waals surface area (Å²) in [6.07, 6.45) is 6.40. The zero-order valence-corrected chi connectivity index (χ0v) is 7.17. The maximum Gasteiger partial charge on any atom is 0.163 e. The van der Waals surface area contributed by atoms with Gasteiger partial charge in [-0.1, -0.05) is 0 Å². The number of ether oxygens (including phenoxy) is 1. The number of rotatable bonds is 0. The Morgan fingerprint density at radius 1 is 1.50 bits per heavy atom. The lowest BCUT2D eigenvalue weighted by molar-refractivity contribution is -0.116. The number of ketones is 1. The molecule has 2 rings (SSSR count). The van der Waals surface area contributed by atoms with Crippen molar-refractivity contribution in [1.82, 2.24) is 0 Å². The average molecular weight is 164 g/mol. The zero-order chi connectivity index (χ0) is 8.55. The standard InChI is InChI=1S/C10H12O2/c1-7-5-9-8(6-12-7)3-2-4-10(9)11/h5-7H,2-4H2,1H3/t7-/m1/s1. The highest BCUT2D eigenvalue weighted by molar-refractivity contribution is 6.00. The quantitative estimate of drug-likeness (QED) is 0.547. The fraction of sp³-hybridized carbons (Fsp3) is 0.500. The van der Waals surface area contributed by atoms with E-state index in [1.54, 1.807) is 6.26 Å². The second-order valence-corrected chi connectivity index (χ2v) is 3.34. The number of Topliss-reactive ketones (excluding diaryl/α,β-unsaturated/α-hetero) is 1. The Kier molecular flexibility index (Phi) is 1.75. The van der Waals surface area contributed by atoms with Crippen LogP contribution in [0.3, 0.4) is 0 Å². The van der Waals surface area contributed by atoms with E-state index in [2.05, 4.69) is 0 Å². The number of carbonyl (C=O) groups excluding carboxylic acids is 1. The van der Waals surface area contributed by atoms with Crippen LogP contribution in [0.4, 0.5) is 0 Å². The smallest absolute Gasteiger partial charge is 0.163 e. The summed E-state index contributed by atoms with van der Waals surface area (Å²) in [5.41, 5.74) is 1.99. The Morgan fingerprint density at radius 2 is 2.33 bits per heavy atom. The number of fused-ring (bicyclic) bond motifs is 1. The average Bonchev–Trinajstić information content (AvgIpc) is 2.07. The van der Waals surface area contributed by atoms with Gasteiger partial charge in [0.2, 0.25) is 0 Å². The number of hydrogen-bond donors (Lipinski definition) is 0. The summed E-state index contributed by atoms with van der Waals surface area (Å²) in [6, 6.07) is 0. The molecule has 0 radical (unpaired) electrons. The molecule has 0 aromatic heterocycles. The van der Waals surface area contributed by atoms with Gasteiger partial charge in [-0.15, -0.1) is 0 Å². The van der Waals surface area contributed by atoms with Crippen molar-refractivity contribution < 1.29 is 9.53 Å². The second-order valence-electron chi connectivity index (χ2n) is 3.34. The van der Waals surface area contributed by atoms with Gasteiger partial charge in [0.05, 0.1) is 6.26 Å². The predicted octanol–water partition coefficient (Wildman–Crippen LogP) is 1.97. The molecule has 0 amide bonds. The summed E-state index contributed by atoms with van der Waals surface area (Å²) < 4.78 is 5.30. The lowest BCUT2D eigenvalue weighted by Crippen LogP contribution is -2.18. The first-order valence-electron chi connectivity index (χ1n) is 4.37. The molecule has 1 aliphatic heterocycles. The predicted molar refractivity (Wildman–Crippen MR) is 45.6 cm³/mol. The third-order valence-electron chi connectivity index (χ3n) is 2.32. The summed E-state index contributed by atoms with van der Waals surface area (Å²) in [5, 5.41) is 0. The van der Waals surface area contributed by atoms with Crippen LogP contribution in [0.15, 0.2) is 23.5 Å². The Morgan fingerprint density at radius 3 is 3.17 bits per heavy atom. The molecule has 1 saturated carbocycles. The summed E-state index contributed by atoms with van der Waals surface area (Å²) in [7, 11) is 0. The zero-order valence-electron chi connectivity index (χ0n) is 7.17. The van der Waals surface area contributed by atoms with E-state index in [1.807, 2.05) is 13.0 Å². The second kappa shape index (κ2) is 2.77.